The molecule has 2 atom stereocenters. The van der Waals surface area contributed by atoms with Crippen LogP contribution >= 0.6 is 0 Å². The number of aromatic amines is 1. The molecule has 152 valence electrons. The summed E-state index contributed by atoms with van der Waals surface area (Å²) in [7, 11) is -1.96. The van der Waals surface area contributed by atoms with E-state index in [0.29, 0.717) is 24.5 Å². The molecule has 7 heteroatoms. The number of aliphatic hydroxyl groups excluding tert-OH is 1. The van der Waals surface area contributed by atoms with Gasteiger partial charge in [-0.15, -0.1) is 0 Å². The summed E-state index contributed by atoms with van der Waals surface area (Å²) in [6.45, 7) is 15.7. The molecule has 1 heterocycles. The summed E-state index contributed by atoms with van der Waals surface area (Å²) < 4.78 is 8.02. The maximum Gasteiger partial charge on any atom is 0.328 e. The number of rotatable bonds is 7. The average Bonchev–Trinajstić information content (AvgIpc) is 2.99. The Morgan fingerprint density at radius 2 is 2.00 bits per heavy atom. The first-order valence-electron chi connectivity index (χ1n) is 9.68. The Balaban J connectivity index is 2.18. The van der Waals surface area contributed by atoms with Crippen LogP contribution in [0, 0.1) is 18.8 Å². The molecule has 0 amide bonds. The molecule has 0 fully saturated rings. The van der Waals surface area contributed by atoms with Crippen molar-refractivity contribution < 1.29 is 9.53 Å². The highest BCUT2D eigenvalue weighted by Gasteiger charge is 2.44. The minimum Gasteiger partial charge on any atom is -0.416 e. The second kappa shape index (κ2) is 7.89. The highest BCUT2D eigenvalue weighted by atomic mass is 28.4. The smallest absolute Gasteiger partial charge is 0.328 e. The van der Waals surface area contributed by atoms with Crippen LogP contribution in [0.2, 0.25) is 18.1 Å². The van der Waals surface area contributed by atoms with Gasteiger partial charge in [0.1, 0.15) is 0 Å². The van der Waals surface area contributed by atoms with E-state index in [9.17, 15) is 14.7 Å². The summed E-state index contributed by atoms with van der Waals surface area (Å²) >= 11 is 0. The molecule has 2 rings (SSSR count). The van der Waals surface area contributed by atoms with E-state index in [1.807, 2.05) is 6.08 Å². The normalized spacial score (nSPS) is 21.0. The molecule has 1 aromatic rings. The Kier molecular flexibility index (Phi) is 6.39. The van der Waals surface area contributed by atoms with Gasteiger partial charge in [0, 0.05) is 24.3 Å². The van der Waals surface area contributed by atoms with Gasteiger partial charge < -0.3 is 9.53 Å². The van der Waals surface area contributed by atoms with Gasteiger partial charge in [0.15, 0.2) is 8.32 Å². The minimum absolute atomic E-state index is 0.0445. The van der Waals surface area contributed by atoms with Crippen molar-refractivity contribution in [1.82, 2.24) is 9.55 Å². The molecule has 0 aliphatic heterocycles. The van der Waals surface area contributed by atoms with Crippen LogP contribution in [0.15, 0.2) is 27.4 Å². The van der Waals surface area contributed by atoms with E-state index in [1.54, 1.807) is 17.7 Å². The van der Waals surface area contributed by atoms with E-state index >= 15 is 0 Å². The molecule has 27 heavy (non-hydrogen) atoms. The average molecular weight is 395 g/mol. The van der Waals surface area contributed by atoms with Gasteiger partial charge >= 0.3 is 5.69 Å². The van der Waals surface area contributed by atoms with Crippen LogP contribution in [0.3, 0.4) is 0 Å². The summed E-state index contributed by atoms with van der Waals surface area (Å²) in [5, 5.41) is 9.92. The van der Waals surface area contributed by atoms with E-state index in [0.717, 1.165) is 5.57 Å². The topological polar surface area (TPSA) is 84.3 Å². The van der Waals surface area contributed by atoms with Crippen LogP contribution in [0.1, 0.15) is 45.7 Å². The van der Waals surface area contributed by atoms with Gasteiger partial charge in [0.25, 0.3) is 5.56 Å². The zero-order valence-corrected chi connectivity index (χ0v) is 18.6. The number of H-pyrrole nitrogens is 1. The Labute approximate surface area is 162 Å². The highest BCUT2D eigenvalue weighted by molar-refractivity contribution is 6.74. The Hall–Kier alpha value is -1.44. The lowest BCUT2D eigenvalue weighted by atomic mass is 9.99. The molecule has 6 nitrogen and oxygen atoms in total. The first-order valence-corrected chi connectivity index (χ1v) is 12.6. The number of hydrogen-bond acceptors (Lipinski definition) is 4. The number of allylic oxidation sites excluding steroid dienone is 1. The van der Waals surface area contributed by atoms with Crippen molar-refractivity contribution in [3.05, 3.63) is 44.2 Å². The molecular weight excluding hydrogens is 360 g/mol. The molecular formula is C20H34N2O4Si. The van der Waals surface area contributed by atoms with E-state index in [-0.39, 0.29) is 29.2 Å². The van der Waals surface area contributed by atoms with E-state index in [1.165, 1.54) is 0 Å². The first-order chi connectivity index (χ1) is 12.4. The van der Waals surface area contributed by atoms with Crippen LogP contribution in [-0.4, -0.2) is 36.2 Å². The number of aliphatic hydroxyl groups is 1. The molecule has 0 saturated heterocycles. The van der Waals surface area contributed by atoms with Crippen molar-refractivity contribution >= 4 is 8.32 Å². The predicted octanol–water partition coefficient (Wildman–Crippen LogP) is 2.98. The molecule has 0 radical (unpaired) electrons. The van der Waals surface area contributed by atoms with Crippen molar-refractivity contribution in [2.45, 2.75) is 65.2 Å². The quantitative estimate of drug-likeness (QED) is 0.550. The molecule has 2 N–H and O–H groups in total. The Morgan fingerprint density at radius 1 is 1.37 bits per heavy atom. The molecule has 1 aliphatic carbocycles. The fourth-order valence-corrected chi connectivity index (χ4v) is 5.85. The third-order valence-electron chi connectivity index (χ3n) is 6.78. The van der Waals surface area contributed by atoms with Crippen LogP contribution < -0.4 is 11.2 Å². The Bertz CT molecular complexity index is 820. The summed E-state index contributed by atoms with van der Waals surface area (Å²) in [5.41, 5.74) is 0.633. The number of nitrogens with zero attached hydrogens (tertiary/aromatic N) is 1. The van der Waals surface area contributed by atoms with E-state index < -0.39 is 14.0 Å². The van der Waals surface area contributed by atoms with Crippen molar-refractivity contribution in [3.63, 3.8) is 0 Å². The molecule has 0 saturated carbocycles. The molecule has 0 bridgehead atoms. The molecule has 0 unspecified atom stereocenters. The van der Waals surface area contributed by atoms with Crippen LogP contribution in [0.4, 0.5) is 0 Å². The van der Waals surface area contributed by atoms with Crippen LogP contribution in [-0.2, 0) is 4.43 Å². The summed E-state index contributed by atoms with van der Waals surface area (Å²) in [6, 6.07) is -0.174. The van der Waals surface area contributed by atoms with Crippen molar-refractivity contribution in [2.24, 2.45) is 11.8 Å². The van der Waals surface area contributed by atoms with Crippen molar-refractivity contribution in [1.29, 1.82) is 0 Å². The van der Waals surface area contributed by atoms with Gasteiger partial charge in [-0.25, -0.2) is 4.79 Å². The molecule has 0 aromatic carbocycles. The summed E-state index contributed by atoms with van der Waals surface area (Å²) in [5.74, 6) is 0.597. The number of aryl methyl sites for hydroxylation is 1. The lowest BCUT2D eigenvalue weighted by molar-refractivity contribution is 0.214. The molecule has 1 aliphatic rings. The fourth-order valence-electron chi connectivity index (χ4n) is 3.47. The maximum atomic E-state index is 12.2. The zero-order valence-electron chi connectivity index (χ0n) is 17.6. The van der Waals surface area contributed by atoms with Crippen LogP contribution in [0.25, 0.3) is 0 Å². The zero-order chi connectivity index (χ0) is 20.6. The second-order valence-corrected chi connectivity index (χ2v) is 13.7. The van der Waals surface area contributed by atoms with Gasteiger partial charge in [-0.05, 0) is 43.0 Å². The Morgan fingerprint density at radius 3 is 2.56 bits per heavy atom. The molecule has 1 aromatic heterocycles. The largest absolute Gasteiger partial charge is 0.416 e. The number of aromatic nitrogens is 2. The lowest BCUT2D eigenvalue weighted by Crippen LogP contribution is -2.46. The third kappa shape index (κ3) is 4.36. The van der Waals surface area contributed by atoms with Crippen LogP contribution in [0.5, 0.6) is 0 Å². The standard InChI is InChI=1S/C20H34N2O4Si/c1-13(2)20(4,5)27(6,7)26-12-16-9-17(8-15(16)11-23)22-10-14(3)18(24)21-19(22)25/h8,10,13,16-17,23H,9,11-12H2,1-7H3,(H,21,24,25)/t16-,17+/m1/s1. The summed E-state index contributed by atoms with van der Waals surface area (Å²) in [4.78, 5) is 26.2. The predicted molar refractivity (Wildman–Crippen MR) is 111 cm³/mol. The van der Waals surface area contributed by atoms with Gasteiger partial charge in [0.2, 0.25) is 0 Å². The van der Waals surface area contributed by atoms with E-state index in [2.05, 4.69) is 45.8 Å². The third-order valence-corrected chi connectivity index (χ3v) is 11.4. The first kappa shape index (κ1) is 21.9. The van der Waals surface area contributed by atoms with E-state index in [4.69, 9.17) is 4.43 Å². The summed E-state index contributed by atoms with van der Waals surface area (Å²) in [6.07, 6.45) is 4.23. The van der Waals surface area contributed by atoms with Gasteiger partial charge in [-0.2, -0.15) is 0 Å². The SMILES string of the molecule is Cc1cn([C@H]2C=C(CO)[C@@H](CO[Si](C)(C)C(C)(C)C(C)C)C2)c(=O)[nH]c1=O. The van der Waals surface area contributed by atoms with Gasteiger partial charge in [0.05, 0.1) is 12.6 Å². The van der Waals surface area contributed by atoms with Crippen molar-refractivity contribution in [3.8, 4) is 0 Å². The fraction of sp³-hybridized carbons (Fsp3) is 0.700. The second-order valence-electron chi connectivity index (χ2n) is 9.08. The van der Waals surface area contributed by atoms with Crippen molar-refractivity contribution in [2.75, 3.05) is 13.2 Å². The monoisotopic (exact) mass is 394 g/mol. The molecule has 0 spiro atoms. The van der Waals surface area contributed by atoms with Gasteiger partial charge in [-0.3, -0.25) is 14.3 Å². The number of nitrogens with one attached hydrogen (secondary N) is 1. The lowest BCUT2D eigenvalue weighted by Gasteiger charge is -2.43. The van der Waals surface area contributed by atoms with Gasteiger partial charge in [-0.1, -0.05) is 33.8 Å². The minimum atomic E-state index is -1.96. The highest BCUT2D eigenvalue weighted by Crippen LogP contribution is 2.45. The maximum absolute atomic E-state index is 12.2. The number of hydrogen-bond donors (Lipinski definition) is 2.